The van der Waals surface area contributed by atoms with Crippen LogP contribution in [0.25, 0.3) is 0 Å². The molecule has 0 aliphatic heterocycles. The van der Waals surface area contributed by atoms with E-state index in [0.717, 1.165) is 31.4 Å². The highest BCUT2D eigenvalue weighted by Crippen LogP contribution is 2.52. The molecule has 0 amide bonds. The molecule has 1 fully saturated rings. The molecule has 0 spiro atoms. The van der Waals surface area contributed by atoms with E-state index in [1.54, 1.807) is 13.2 Å². The van der Waals surface area contributed by atoms with E-state index in [0.29, 0.717) is 0 Å². The van der Waals surface area contributed by atoms with E-state index in [9.17, 15) is 4.79 Å². The molecule has 1 saturated carbocycles. The van der Waals surface area contributed by atoms with Crippen molar-refractivity contribution in [1.29, 1.82) is 0 Å². The lowest BCUT2D eigenvalue weighted by Gasteiger charge is -2.16. The number of isocyanates is 1. The molecule has 3 heteroatoms. The van der Waals surface area contributed by atoms with Crippen LogP contribution in [0.5, 0.6) is 5.75 Å². The average Bonchev–Trinajstić information content (AvgIpc) is 2.95. The number of nitrogens with zero attached hydrogens (tertiary/aromatic N) is 1. The number of benzene rings is 1. The molecule has 88 valence electrons. The summed E-state index contributed by atoms with van der Waals surface area (Å²) >= 11 is 0. The van der Waals surface area contributed by atoms with Gasteiger partial charge in [-0.05, 0) is 54.9 Å². The van der Waals surface area contributed by atoms with Crippen molar-refractivity contribution < 1.29 is 9.53 Å². The van der Waals surface area contributed by atoms with Crippen LogP contribution < -0.4 is 4.74 Å². The second-order valence-corrected chi connectivity index (χ2v) is 4.86. The molecule has 0 bridgehead atoms. The molecule has 0 radical (unpaired) electrons. The minimum absolute atomic E-state index is 0.248. The fourth-order valence-electron chi connectivity index (χ4n) is 2.95. The van der Waals surface area contributed by atoms with Gasteiger partial charge in [0.15, 0.2) is 0 Å². The van der Waals surface area contributed by atoms with Gasteiger partial charge in [-0.15, -0.1) is 0 Å². The van der Waals surface area contributed by atoms with Gasteiger partial charge in [0.25, 0.3) is 0 Å². The Morgan fingerprint density at radius 3 is 2.71 bits per heavy atom. The number of hydrogen-bond donors (Lipinski definition) is 0. The Balaban J connectivity index is 2.14. The number of ether oxygens (including phenoxy) is 1. The molecule has 0 saturated heterocycles. The van der Waals surface area contributed by atoms with E-state index in [1.165, 1.54) is 23.1 Å². The van der Waals surface area contributed by atoms with Gasteiger partial charge in [-0.25, -0.2) is 4.79 Å². The van der Waals surface area contributed by atoms with Gasteiger partial charge in [0, 0.05) is 0 Å². The van der Waals surface area contributed by atoms with Crippen LogP contribution in [0.4, 0.5) is 0 Å². The molecule has 2 aliphatic carbocycles. The number of aliphatic imine (C=N–C) groups is 1. The highest BCUT2D eigenvalue weighted by Gasteiger charge is 2.47. The maximum Gasteiger partial charge on any atom is 0.235 e. The monoisotopic (exact) mass is 229 g/mol. The normalized spacial score (nSPS) is 19.4. The summed E-state index contributed by atoms with van der Waals surface area (Å²) in [7, 11) is 1.71. The lowest BCUT2D eigenvalue weighted by atomic mass is 9.95. The van der Waals surface area contributed by atoms with E-state index in [1.807, 2.05) is 6.07 Å². The van der Waals surface area contributed by atoms with Gasteiger partial charge in [-0.3, -0.25) is 0 Å². The summed E-state index contributed by atoms with van der Waals surface area (Å²) in [5.74, 6) is 0.979. The summed E-state index contributed by atoms with van der Waals surface area (Å²) in [6, 6.07) is 4.09. The van der Waals surface area contributed by atoms with Gasteiger partial charge in [-0.2, -0.15) is 4.99 Å². The Morgan fingerprint density at radius 2 is 2.06 bits per heavy atom. The Hall–Kier alpha value is -1.60. The summed E-state index contributed by atoms with van der Waals surface area (Å²) in [5.41, 5.74) is 3.66. The van der Waals surface area contributed by atoms with Gasteiger partial charge in [0.1, 0.15) is 5.75 Å². The molecular weight excluding hydrogens is 214 g/mol. The first-order chi connectivity index (χ1) is 8.30. The van der Waals surface area contributed by atoms with Crippen molar-refractivity contribution in [3.63, 3.8) is 0 Å². The first kappa shape index (κ1) is 10.5. The number of carbonyl (C=O) groups excluding carboxylic acids is 1. The quantitative estimate of drug-likeness (QED) is 0.590. The van der Waals surface area contributed by atoms with Crippen LogP contribution in [-0.4, -0.2) is 13.2 Å². The molecule has 17 heavy (non-hydrogen) atoms. The second-order valence-electron chi connectivity index (χ2n) is 4.86. The summed E-state index contributed by atoms with van der Waals surface area (Å²) in [6.45, 7) is 0. The first-order valence-electron chi connectivity index (χ1n) is 6.09. The summed E-state index contributed by atoms with van der Waals surface area (Å²) in [4.78, 5) is 14.6. The fraction of sp³-hybridized carbons (Fsp3) is 0.500. The van der Waals surface area contributed by atoms with Gasteiger partial charge >= 0.3 is 0 Å². The van der Waals surface area contributed by atoms with Crippen molar-refractivity contribution in [2.75, 3.05) is 7.11 Å². The standard InChI is InChI=1S/C14H15NO2/c1-17-13-6-5-12(10-3-2-4-11(10)13)14(7-8-14)15-9-16/h5-6H,2-4,7-8H2,1H3. The number of rotatable bonds is 3. The predicted molar refractivity (Wildman–Crippen MR) is 64.1 cm³/mol. The van der Waals surface area contributed by atoms with Crippen molar-refractivity contribution in [3.8, 4) is 5.75 Å². The highest BCUT2D eigenvalue weighted by atomic mass is 16.5. The maximum atomic E-state index is 10.5. The zero-order valence-corrected chi connectivity index (χ0v) is 9.95. The smallest absolute Gasteiger partial charge is 0.235 e. The zero-order valence-electron chi connectivity index (χ0n) is 9.95. The second kappa shape index (κ2) is 3.71. The van der Waals surface area contributed by atoms with Gasteiger partial charge in [-0.1, -0.05) is 6.07 Å². The third kappa shape index (κ3) is 1.50. The van der Waals surface area contributed by atoms with Crippen LogP contribution in [0.15, 0.2) is 17.1 Å². The average molecular weight is 229 g/mol. The van der Waals surface area contributed by atoms with E-state index in [4.69, 9.17) is 4.74 Å². The molecule has 3 nitrogen and oxygen atoms in total. The van der Waals surface area contributed by atoms with Crippen molar-refractivity contribution in [2.45, 2.75) is 37.6 Å². The third-order valence-electron chi connectivity index (χ3n) is 3.95. The van der Waals surface area contributed by atoms with Crippen molar-refractivity contribution in [3.05, 3.63) is 28.8 Å². The molecule has 2 aliphatic rings. The van der Waals surface area contributed by atoms with Crippen LogP contribution in [0.2, 0.25) is 0 Å². The molecule has 0 N–H and O–H groups in total. The van der Waals surface area contributed by atoms with E-state index >= 15 is 0 Å². The van der Waals surface area contributed by atoms with Gasteiger partial charge in [0.2, 0.25) is 6.08 Å². The Labute approximate surface area is 101 Å². The highest BCUT2D eigenvalue weighted by molar-refractivity contribution is 5.53. The van der Waals surface area contributed by atoms with Crippen LogP contribution in [0.1, 0.15) is 36.0 Å². The topological polar surface area (TPSA) is 38.7 Å². The van der Waals surface area contributed by atoms with Gasteiger partial charge in [0.05, 0.1) is 12.6 Å². The minimum Gasteiger partial charge on any atom is -0.496 e. The Morgan fingerprint density at radius 1 is 1.29 bits per heavy atom. The lowest BCUT2D eigenvalue weighted by Crippen LogP contribution is -2.07. The fourth-order valence-corrected chi connectivity index (χ4v) is 2.95. The number of hydrogen-bond acceptors (Lipinski definition) is 3. The van der Waals surface area contributed by atoms with E-state index < -0.39 is 0 Å². The van der Waals surface area contributed by atoms with Crippen LogP contribution in [0, 0.1) is 0 Å². The molecule has 1 aromatic rings. The van der Waals surface area contributed by atoms with Crippen LogP contribution in [-0.2, 0) is 23.2 Å². The Bertz CT molecular complexity index is 511. The van der Waals surface area contributed by atoms with Crippen molar-refractivity contribution in [1.82, 2.24) is 0 Å². The molecular formula is C14H15NO2. The molecule has 1 aromatic carbocycles. The minimum atomic E-state index is -0.248. The largest absolute Gasteiger partial charge is 0.496 e. The molecule has 0 unspecified atom stereocenters. The van der Waals surface area contributed by atoms with Crippen molar-refractivity contribution >= 4 is 6.08 Å². The van der Waals surface area contributed by atoms with E-state index in [-0.39, 0.29) is 5.54 Å². The maximum absolute atomic E-state index is 10.5. The summed E-state index contributed by atoms with van der Waals surface area (Å²) < 4.78 is 5.40. The SMILES string of the molecule is COc1ccc(C2(N=C=O)CC2)c2c1CCC2. The Kier molecular flexibility index (Phi) is 2.30. The molecule has 3 rings (SSSR count). The van der Waals surface area contributed by atoms with Crippen LogP contribution >= 0.6 is 0 Å². The summed E-state index contributed by atoms with van der Waals surface area (Å²) in [5, 5.41) is 0. The predicted octanol–water partition coefficient (Wildman–Crippen LogP) is 2.51. The molecule has 0 aromatic heterocycles. The third-order valence-corrected chi connectivity index (χ3v) is 3.95. The zero-order chi connectivity index (χ0) is 11.9. The summed E-state index contributed by atoms with van der Waals surface area (Å²) in [6.07, 6.45) is 7.01. The molecule has 0 heterocycles. The van der Waals surface area contributed by atoms with Crippen LogP contribution in [0.3, 0.4) is 0 Å². The first-order valence-corrected chi connectivity index (χ1v) is 6.09. The number of methoxy groups -OCH3 is 1. The molecule has 0 atom stereocenters. The van der Waals surface area contributed by atoms with E-state index in [2.05, 4.69) is 11.1 Å². The number of fused-ring (bicyclic) bond motifs is 1. The van der Waals surface area contributed by atoms with Gasteiger partial charge < -0.3 is 4.74 Å². The lowest BCUT2D eigenvalue weighted by molar-refractivity contribution is 0.410. The van der Waals surface area contributed by atoms with Crippen molar-refractivity contribution in [2.24, 2.45) is 4.99 Å².